The Balaban J connectivity index is 2.00. The summed E-state index contributed by atoms with van der Waals surface area (Å²) in [5.41, 5.74) is 1.65. The van der Waals surface area contributed by atoms with E-state index in [1.807, 2.05) is 38.2 Å². The molecule has 1 N–H and O–H groups in total. The van der Waals surface area contributed by atoms with Crippen LogP contribution < -0.4 is 5.32 Å². The van der Waals surface area contributed by atoms with Crippen LogP contribution in [0.3, 0.4) is 0 Å². The highest BCUT2D eigenvalue weighted by atomic mass is 32.1. The first-order valence-electron chi connectivity index (χ1n) is 7.75. The molecular formula is C19H22N2O2S. The molecule has 0 spiro atoms. The summed E-state index contributed by atoms with van der Waals surface area (Å²) < 4.78 is 0. The van der Waals surface area contributed by atoms with Crippen LogP contribution in [0.4, 0.5) is 5.69 Å². The number of aryl methyl sites for hydroxylation is 1. The highest BCUT2D eigenvalue weighted by molar-refractivity contribution is 7.12. The quantitative estimate of drug-likeness (QED) is 0.826. The second-order valence-electron chi connectivity index (χ2n) is 5.71. The molecule has 1 atom stereocenters. The first-order valence-corrected chi connectivity index (χ1v) is 8.57. The van der Waals surface area contributed by atoms with Crippen LogP contribution in [0.1, 0.15) is 35.2 Å². The number of rotatable bonds is 5. The fraction of sp³-hybridized carbons (Fsp3) is 0.263. The standard InChI is InChI=1S/C19H22N2O2S/c1-13-5-11-18(24-13)14(2)21(4)19(23)12-8-16-6-9-17(10-7-16)20-15(3)22/h5-12,14H,1-4H3,(H,20,22). The molecule has 1 aromatic heterocycles. The van der Waals surface area contributed by atoms with Crippen molar-refractivity contribution >= 4 is 34.9 Å². The average Bonchev–Trinajstić information content (AvgIpc) is 2.98. The second-order valence-corrected chi connectivity index (χ2v) is 7.03. The number of carbonyl (C=O) groups excluding carboxylic acids is 2. The van der Waals surface area contributed by atoms with E-state index in [2.05, 4.69) is 24.4 Å². The molecule has 1 unspecified atom stereocenters. The van der Waals surface area contributed by atoms with Gasteiger partial charge in [-0.25, -0.2) is 0 Å². The number of likely N-dealkylation sites (N-methyl/N-ethyl adjacent to an activating group) is 1. The second kappa shape index (κ2) is 7.93. The highest BCUT2D eigenvalue weighted by Gasteiger charge is 2.16. The Hall–Kier alpha value is -2.40. The van der Waals surface area contributed by atoms with Gasteiger partial charge in [-0.05, 0) is 49.8 Å². The normalized spacial score (nSPS) is 12.2. The van der Waals surface area contributed by atoms with Crippen LogP contribution >= 0.6 is 11.3 Å². The Labute approximate surface area is 146 Å². The van der Waals surface area contributed by atoms with Crippen molar-refractivity contribution in [2.24, 2.45) is 0 Å². The maximum absolute atomic E-state index is 12.3. The van der Waals surface area contributed by atoms with Crippen molar-refractivity contribution in [3.63, 3.8) is 0 Å². The summed E-state index contributed by atoms with van der Waals surface area (Å²) in [5, 5.41) is 2.71. The lowest BCUT2D eigenvalue weighted by molar-refractivity contribution is -0.126. The number of nitrogens with zero attached hydrogens (tertiary/aromatic N) is 1. The van der Waals surface area contributed by atoms with Gasteiger partial charge in [0.15, 0.2) is 0 Å². The third-order valence-electron chi connectivity index (χ3n) is 3.75. The van der Waals surface area contributed by atoms with E-state index in [9.17, 15) is 9.59 Å². The van der Waals surface area contributed by atoms with Crippen LogP contribution in [0.2, 0.25) is 0 Å². The molecule has 0 saturated carbocycles. The first kappa shape index (κ1) is 17.9. The van der Waals surface area contributed by atoms with E-state index in [1.54, 1.807) is 28.4 Å². The van der Waals surface area contributed by atoms with Gasteiger partial charge in [-0.15, -0.1) is 11.3 Å². The van der Waals surface area contributed by atoms with Crippen LogP contribution in [0.25, 0.3) is 6.08 Å². The monoisotopic (exact) mass is 342 g/mol. The summed E-state index contributed by atoms with van der Waals surface area (Å²) in [6.07, 6.45) is 3.35. The zero-order chi connectivity index (χ0) is 17.7. The molecule has 126 valence electrons. The van der Waals surface area contributed by atoms with Crippen LogP contribution in [0.5, 0.6) is 0 Å². The molecule has 4 nitrogen and oxygen atoms in total. The maximum Gasteiger partial charge on any atom is 0.246 e. The van der Waals surface area contributed by atoms with Gasteiger partial charge < -0.3 is 10.2 Å². The minimum Gasteiger partial charge on any atom is -0.335 e. The van der Waals surface area contributed by atoms with Crippen molar-refractivity contribution in [3.8, 4) is 0 Å². The summed E-state index contributed by atoms with van der Waals surface area (Å²) >= 11 is 1.71. The van der Waals surface area contributed by atoms with E-state index in [0.717, 1.165) is 11.3 Å². The lowest BCUT2D eigenvalue weighted by Gasteiger charge is -2.22. The maximum atomic E-state index is 12.3. The van der Waals surface area contributed by atoms with E-state index in [-0.39, 0.29) is 17.9 Å². The van der Waals surface area contributed by atoms with Crippen LogP contribution in [-0.4, -0.2) is 23.8 Å². The van der Waals surface area contributed by atoms with Crippen molar-refractivity contribution in [3.05, 3.63) is 57.8 Å². The Morgan fingerprint density at radius 3 is 2.38 bits per heavy atom. The number of hydrogen-bond acceptors (Lipinski definition) is 3. The van der Waals surface area contributed by atoms with Crippen molar-refractivity contribution < 1.29 is 9.59 Å². The minimum atomic E-state index is -0.104. The molecule has 5 heteroatoms. The van der Waals surface area contributed by atoms with Gasteiger partial charge in [-0.2, -0.15) is 0 Å². The molecule has 1 aromatic carbocycles. The van der Waals surface area contributed by atoms with Crippen molar-refractivity contribution in [2.75, 3.05) is 12.4 Å². The number of thiophene rings is 1. The third-order valence-corrected chi connectivity index (χ3v) is 4.92. The molecule has 2 rings (SSSR count). The third kappa shape index (κ3) is 4.80. The smallest absolute Gasteiger partial charge is 0.246 e. The minimum absolute atomic E-state index is 0.0421. The molecule has 2 aromatic rings. The molecule has 0 aliphatic carbocycles. The van der Waals surface area contributed by atoms with Crippen LogP contribution in [-0.2, 0) is 9.59 Å². The summed E-state index contributed by atoms with van der Waals surface area (Å²) in [5.74, 6) is -0.146. The average molecular weight is 342 g/mol. The number of carbonyl (C=O) groups is 2. The van der Waals surface area contributed by atoms with Crippen molar-refractivity contribution in [1.29, 1.82) is 0 Å². The molecular weight excluding hydrogens is 320 g/mol. The Morgan fingerprint density at radius 1 is 1.17 bits per heavy atom. The van der Waals surface area contributed by atoms with Gasteiger partial charge in [-0.1, -0.05) is 12.1 Å². The summed E-state index contributed by atoms with van der Waals surface area (Å²) in [6, 6.07) is 11.5. The molecule has 24 heavy (non-hydrogen) atoms. The van der Waals surface area contributed by atoms with Gasteiger partial charge in [0.25, 0.3) is 0 Å². The van der Waals surface area contributed by atoms with Gasteiger partial charge >= 0.3 is 0 Å². The van der Waals surface area contributed by atoms with E-state index < -0.39 is 0 Å². The number of nitrogens with one attached hydrogen (secondary N) is 1. The molecule has 0 fully saturated rings. The molecule has 0 aliphatic rings. The molecule has 0 saturated heterocycles. The van der Waals surface area contributed by atoms with Crippen LogP contribution in [0.15, 0.2) is 42.5 Å². The van der Waals surface area contributed by atoms with Gasteiger partial charge in [0.05, 0.1) is 6.04 Å². The predicted molar refractivity (Wildman–Crippen MR) is 100 cm³/mol. The molecule has 0 aliphatic heterocycles. The van der Waals surface area contributed by atoms with Gasteiger partial charge in [0, 0.05) is 35.5 Å². The Bertz CT molecular complexity index is 747. The van der Waals surface area contributed by atoms with Gasteiger partial charge in [-0.3, -0.25) is 9.59 Å². The lowest BCUT2D eigenvalue weighted by Crippen LogP contribution is -2.27. The van der Waals surface area contributed by atoms with Gasteiger partial charge in [0.2, 0.25) is 11.8 Å². The summed E-state index contributed by atoms with van der Waals surface area (Å²) in [7, 11) is 1.81. The van der Waals surface area contributed by atoms with Crippen molar-refractivity contribution in [1.82, 2.24) is 4.90 Å². The van der Waals surface area contributed by atoms with E-state index in [0.29, 0.717) is 0 Å². The number of anilines is 1. The Morgan fingerprint density at radius 2 is 1.83 bits per heavy atom. The zero-order valence-electron chi connectivity index (χ0n) is 14.4. The SMILES string of the molecule is CC(=O)Nc1ccc(C=CC(=O)N(C)C(C)c2ccc(C)s2)cc1. The van der Waals surface area contributed by atoms with E-state index >= 15 is 0 Å². The van der Waals surface area contributed by atoms with Crippen molar-refractivity contribution in [2.45, 2.75) is 26.8 Å². The molecule has 2 amide bonds. The Kier molecular flexibility index (Phi) is 5.93. The predicted octanol–water partition coefficient (Wildman–Crippen LogP) is 4.25. The fourth-order valence-corrected chi connectivity index (χ4v) is 3.20. The number of benzene rings is 1. The molecule has 0 bridgehead atoms. The topological polar surface area (TPSA) is 49.4 Å². The summed E-state index contributed by atoms with van der Waals surface area (Å²) in [4.78, 5) is 27.5. The lowest BCUT2D eigenvalue weighted by atomic mass is 10.2. The zero-order valence-corrected chi connectivity index (χ0v) is 15.2. The first-order chi connectivity index (χ1) is 11.4. The fourth-order valence-electron chi connectivity index (χ4n) is 2.23. The highest BCUT2D eigenvalue weighted by Crippen LogP contribution is 2.26. The molecule has 0 radical (unpaired) electrons. The number of amides is 2. The molecule has 1 heterocycles. The van der Waals surface area contributed by atoms with E-state index in [1.165, 1.54) is 16.7 Å². The largest absolute Gasteiger partial charge is 0.335 e. The number of hydrogen-bond donors (Lipinski definition) is 1. The van der Waals surface area contributed by atoms with E-state index in [4.69, 9.17) is 0 Å². The van der Waals surface area contributed by atoms with Gasteiger partial charge in [0.1, 0.15) is 0 Å². The summed E-state index contributed by atoms with van der Waals surface area (Å²) in [6.45, 7) is 5.56. The van der Waals surface area contributed by atoms with Crippen LogP contribution in [0, 0.1) is 6.92 Å².